The third-order valence-electron chi connectivity index (χ3n) is 3.28. The van der Waals surface area contributed by atoms with Crippen LogP contribution in [0.3, 0.4) is 0 Å². The van der Waals surface area contributed by atoms with E-state index in [1.165, 1.54) is 0 Å². The Morgan fingerprint density at radius 3 is 3.05 bits per heavy atom. The highest BCUT2D eigenvalue weighted by Gasteiger charge is 2.07. The molecule has 0 aliphatic carbocycles. The van der Waals surface area contributed by atoms with Gasteiger partial charge < -0.3 is 5.32 Å². The summed E-state index contributed by atoms with van der Waals surface area (Å²) in [4.78, 5) is 8.90. The lowest BCUT2D eigenvalue weighted by atomic mass is 10.1. The average Bonchev–Trinajstić information content (AvgIpc) is 2.87. The Morgan fingerprint density at radius 2 is 2.24 bits per heavy atom. The van der Waals surface area contributed by atoms with E-state index >= 15 is 0 Å². The first-order valence-corrected chi connectivity index (χ1v) is 7.68. The highest BCUT2D eigenvalue weighted by molar-refractivity contribution is 9.10. The smallest absolute Gasteiger partial charge is 0.171 e. The first-order valence-electron chi connectivity index (χ1n) is 6.89. The zero-order valence-electron chi connectivity index (χ0n) is 11.7. The third-order valence-corrected chi connectivity index (χ3v) is 3.84. The minimum Gasteiger partial charge on any atom is -0.367 e. The molecule has 1 unspecified atom stereocenters. The number of anilines is 1. The minimum absolute atomic E-state index is 0.323. The Balaban J connectivity index is 1.63. The number of rotatable bonds is 5. The quantitative estimate of drug-likeness (QED) is 0.770. The second-order valence-electron chi connectivity index (χ2n) is 4.98. The van der Waals surface area contributed by atoms with Gasteiger partial charge in [-0.1, -0.05) is 6.07 Å². The molecule has 0 saturated carbocycles. The number of fused-ring (bicyclic) bond motifs is 1. The summed E-state index contributed by atoms with van der Waals surface area (Å²) in [6, 6.07) is 8.27. The maximum absolute atomic E-state index is 4.56. The highest BCUT2D eigenvalue weighted by atomic mass is 79.9. The number of nitrogens with one attached hydrogen (secondary N) is 1. The molecule has 0 aliphatic rings. The lowest BCUT2D eigenvalue weighted by Gasteiger charge is -2.14. The van der Waals surface area contributed by atoms with Gasteiger partial charge in [-0.15, -0.1) is 0 Å². The van der Waals surface area contributed by atoms with Crippen LogP contribution in [-0.4, -0.2) is 25.6 Å². The molecule has 0 bridgehead atoms. The van der Waals surface area contributed by atoms with E-state index in [2.05, 4.69) is 49.3 Å². The van der Waals surface area contributed by atoms with Crippen molar-refractivity contribution in [3.63, 3.8) is 0 Å². The average molecular weight is 346 g/mol. The predicted octanol–water partition coefficient (Wildman–Crippen LogP) is 3.32. The van der Waals surface area contributed by atoms with E-state index in [0.717, 1.165) is 34.5 Å². The summed E-state index contributed by atoms with van der Waals surface area (Å²) in [5.41, 5.74) is 1.94. The van der Waals surface area contributed by atoms with E-state index in [1.807, 2.05) is 30.6 Å². The first kappa shape index (κ1) is 14.0. The molecule has 0 saturated heterocycles. The van der Waals surface area contributed by atoms with E-state index in [0.29, 0.717) is 6.04 Å². The van der Waals surface area contributed by atoms with Gasteiger partial charge in [0.25, 0.3) is 0 Å². The molecule has 21 heavy (non-hydrogen) atoms. The fraction of sp³-hybridized carbons (Fsp3) is 0.267. The molecule has 0 spiro atoms. The molecule has 108 valence electrons. The second-order valence-corrected chi connectivity index (χ2v) is 5.83. The Kier molecular flexibility index (Phi) is 4.15. The summed E-state index contributed by atoms with van der Waals surface area (Å²) in [5.74, 6) is 0.859. The molecule has 3 aromatic heterocycles. The number of aromatic nitrogens is 4. The van der Waals surface area contributed by atoms with Gasteiger partial charge in [0.15, 0.2) is 5.65 Å². The highest BCUT2D eigenvalue weighted by Crippen LogP contribution is 2.17. The van der Waals surface area contributed by atoms with Crippen molar-refractivity contribution in [2.45, 2.75) is 25.8 Å². The van der Waals surface area contributed by atoms with Crippen LogP contribution in [0.5, 0.6) is 0 Å². The largest absolute Gasteiger partial charge is 0.367 e. The summed E-state index contributed by atoms with van der Waals surface area (Å²) >= 11 is 3.45. The molecule has 3 rings (SSSR count). The molecular weight excluding hydrogens is 330 g/mol. The molecule has 0 aliphatic heterocycles. The summed E-state index contributed by atoms with van der Waals surface area (Å²) in [6.07, 6.45) is 7.44. The van der Waals surface area contributed by atoms with E-state index < -0.39 is 0 Å². The SMILES string of the molecule is CC(CCc1ccccn1)Nc1ccn2ncc(Br)c2n1. The van der Waals surface area contributed by atoms with Gasteiger partial charge in [0.1, 0.15) is 5.82 Å². The molecule has 3 aromatic rings. The third kappa shape index (κ3) is 3.39. The summed E-state index contributed by atoms with van der Waals surface area (Å²) in [7, 11) is 0. The Bertz CT molecular complexity index is 725. The Hall–Kier alpha value is -1.95. The van der Waals surface area contributed by atoms with Crippen molar-refractivity contribution >= 4 is 27.4 Å². The number of pyridine rings is 1. The molecular formula is C15H16BrN5. The van der Waals surface area contributed by atoms with Crippen LogP contribution in [-0.2, 0) is 6.42 Å². The number of halogens is 1. The number of hydrogen-bond donors (Lipinski definition) is 1. The summed E-state index contributed by atoms with van der Waals surface area (Å²) in [6.45, 7) is 2.15. The zero-order chi connectivity index (χ0) is 14.7. The molecule has 0 fully saturated rings. The fourth-order valence-electron chi connectivity index (χ4n) is 2.16. The van der Waals surface area contributed by atoms with Crippen molar-refractivity contribution in [3.05, 3.63) is 53.0 Å². The maximum atomic E-state index is 4.56. The molecule has 0 radical (unpaired) electrons. The van der Waals surface area contributed by atoms with E-state index in [9.17, 15) is 0 Å². The van der Waals surface area contributed by atoms with Crippen LogP contribution in [0.2, 0.25) is 0 Å². The Morgan fingerprint density at radius 1 is 1.33 bits per heavy atom. The van der Waals surface area contributed by atoms with Crippen LogP contribution in [0.4, 0.5) is 5.82 Å². The van der Waals surface area contributed by atoms with Gasteiger partial charge >= 0.3 is 0 Å². The second kappa shape index (κ2) is 6.22. The van der Waals surface area contributed by atoms with Crippen LogP contribution >= 0.6 is 15.9 Å². The minimum atomic E-state index is 0.323. The van der Waals surface area contributed by atoms with Crippen molar-refractivity contribution in [1.29, 1.82) is 0 Å². The molecule has 6 heteroatoms. The molecule has 3 heterocycles. The van der Waals surface area contributed by atoms with Crippen LogP contribution in [0.25, 0.3) is 5.65 Å². The summed E-state index contributed by atoms with van der Waals surface area (Å²) < 4.78 is 2.64. The monoisotopic (exact) mass is 345 g/mol. The molecule has 0 aromatic carbocycles. The fourth-order valence-corrected chi connectivity index (χ4v) is 2.52. The van der Waals surface area contributed by atoms with Gasteiger partial charge in [-0.25, -0.2) is 9.50 Å². The van der Waals surface area contributed by atoms with Gasteiger partial charge in [-0.05, 0) is 53.9 Å². The van der Waals surface area contributed by atoms with Crippen molar-refractivity contribution in [1.82, 2.24) is 19.6 Å². The van der Waals surface area contributed by atoms with Gasteiger partial charge in [-0.2, -0.15) is 5.10 Å². The lowest BCUT2D eigenvalue weighted by molar-refractivity contribution is 0.693. The zero-order valence-corrected chi connectivity index (χ0v) is 13.3. The van der Waals surface area contributed by atoms with Crippen molar-refractivity contribution in [2.24, 2.45) is 0 Å². The van der Waals surface area contributed by atoms with Crippen molar-refractivity contribution in [3.8, 4) is 0 Å². The topological polar surface area (TPSA) is 55.1 Å². The van der Waals surface area contributed by atoms with Gasteiger partial charge in [0, 0.05) is 24.1 Å². The summed E-state index contributed by atoms with van der Waals surface area (Å²) in [5, 5.41) is 7.61. The van der Waals surface area contributed by atoms with Crippen LogP contribution in [0, 0.1) is 0 Å². The standard InChI is InChI=1S/C15H16BrN5/c1-11(5-6-12-4-2-3-8-17-12)19-14-7-9-21-15(20-14)13(16)10-18-21/h2-4,7-11H,5-6H2,1H3,(H,19,20). The van der Waals surface area contributed by atoms with Gasteiger partial charge in [0.05, 0.1) is 10.7 Å². The molecule has 0 amide bonds. The van der Waals surface area contributed by atoms with E-state index in [1.54, 1.807) is 10.7 Å². The number of hydrogen-bond acceptors (Lipinski definition) is 4. The number of aryl methyl sites for hydroxylation is 1. The van der Waals surface area contributed by atoms with E-state index in [-0.39, 0.29) is 0 Å². The van der Waals surface area contributed by atoms with E-state index in [4.69, 9.17) is 0 Å². The van der Waals surface area contributed by atoms with Gasteiger partial charge in [0.2, 0.25) is 0 Å². The van der Waals surface area contributed by atoms with Crippen molar-refractivity contribution in [2.75, 3.05) is 5.32 Å². The van der Waals surface area contributed by atoms with Crippen LogP contribution < -0.4 is 5.32 Å². The maximum Gasteiger partial charge on any atom is 0.171 e. The van der Waals surface area contributed by atoms with Crippen LogP contribution in [0.15, 0.2) is 47.3 Å². The molecule has 1 N–H and O–H groups in total. The van der Waals surface area contributed by atoms with Gasteiger partial charge in [-0.3, -0.25) is 4.98 Å². The number of nitrogens with zero attached hydrogens (tertiary/aromatic N) is 4. The molecule has 1 atom stereocenters. The predicted molar refractivity (Wildman–Crippen MR) is 86.3 cm³/mol. The van der Waals surface area contributed by atoms with Crippen LogP contribution in [0.1, 0.15) is 19.0 Å². The van der Waals surface area contributed by atoms with Crippen molar-refractivity contribution < 1.29 is 0 Å². The normalized spacial score (nSPS) is 12.5. The molecule has 5 nitrogen and oxygen atoms in total. The Labute approximate surface area is 131 Å². The lowest BCUT2D eigenvalue weighted by Crippen LogP contribution is -2.17. The first-order chi connectivity index (χ1) is 10.2.